The van der Waals surface area contributed by atoms with Crippen LogP contribution < -0.4 is 10.1 Å². The van der Waals surface area contributed by atoms with Crippen LogP contribution in [0.25, 0.3) is 0 Å². The van der Waals surface area contributed by atoms with Crippen molar-refractivity contribution in [3.63, 3.8) is 0 Å². The molecule has 1 atom stereocenters. The van der Waals surface area contributed by atoms with Gasteiger partial charge in [0.05, 0.1) is 42.6 Å². The number of rotatable bonds is 9. The number of pyridine rings is 1. The highest BCUT2D eigenvalue weighted by Crippen LogP contribution is 2.35. The van der Waals surface area contributed by atoms with Crippen molar-refractivity contribution < 1.29 is 23.8 Å². The van der Waals surface area contributed by atoms with Crippen LogP contribution in [0.1, 0.15) is 85.9 Å². The fourth-order valence-corrected chi connectivity index (χ4v) is 5.33. The minimum Gasteiger partial charge on any atom is -0.492 e. The molecule has 1 aromatic carbocycles. The molecule has 7 nitrogen and oxygen atoms in total. The van der Waals surface area contributed by atoms with Crippen LogP contribution in [-0.2, 0) is 19.7 Å². The predicted molar refractivity (Wildman–Crippen MR) is 137 cm³/mol. The highest BCUT2D eigenvalue weighted by atomic mass is 16.5. The molecule has 1 aliphatic carbocycles. The molecule has 1 amide bonds. The second kappa shape index (κ2) is 12.3. The molecule has 7 heteroatoms. The lowest BCUT2D eigenvalue weighted by Crippen LogP contribution is -2.49. The molecule has 1 saturated heterocycles. The van der Waals surface area contributed by atoms with E-state index in [0.29, 0.717) is 38.2 Å². The number of hydrogen-bond acceptors (Lipinski definition) is 6. The van der Waals surface area contributed by atoms with Crippen LogP contribution in [0, 0.1) is 5.92 Å². The van der Waals surface area contributed by atoms with Crippen molar-refractivity contribution in [2.45, 2.75) is 69.7 Å². The van der Waals surface area contributed by atoms with Gasteiger partial charge in [0.25, 0.3) is 0 Å². The van der Waals surface area contributed by atoms with E-state index >= 15 is 0 Å². The molecule has 0 bridgehead atoms. The van der Waals surface area contributed by atoms with E-state index in [1.54, 1.807) is 18.3 Å². The predicted octanol–water partition coefficient (Wildman–Crippen LogP) is 5.14. The van der Waals surface area contributed by atoms with Gasteiger partial charge in [-0.1, -0.05) is 44.2 Å². The molecule has 2 aliphatic rings. The molecule has 1 saturated carbocycles. The van der Waals surface area contributed by atoms with E-state index in [1.807, 2.05) is 31.2 Å². The van der Waals surface area contributed by atoms with E-state index in [0.717, 1.165) is 29.3 Å². The van der Waals surface area contributed by atoms with Crippen LogP contribution in [0.2, 0.25) is 0 Å². The van der Waals surface area contributed by atoms with Crippen molar-refractivity contribution in [2.75, 3.05) is 26.9 Å². The van der Waals surface area contributed by atoms with Gasteiger partial charge in [-0.15, -0.1) is 0 Å². The number of nitrogens with zero attached hydrogens (tertiary/aromatic N) is 1. The average molecular weight is 495 g/mol. The van der Waals surface area contributed by atoms with E-state index in [1.165, 1.54) is 39.2 Å². The fraction of sp³-hybridized carbons (Fsp3) is 0.552. The van der Waals surface area contributed by atoms with Crippen LogP contribution in [0.3, 0.4) is 0 Å². The minimum atomic E-state index is -0.751. The first-order valence-electron chi connectivity index (χ1n) is 13.2. The zero-order valence-electron chi connectivity index (χ0n) is 21.5. The number of aromatic nitrogens is 1. The first-order chi connectivity index (χ1) is 17.5. The van der Waals surface area contributed by atoms with Gasteiger partial charge >= 0.3 is 5.97 Å². The van der Waals surface area contributed by atoms with Gasteiger partial charge in [0.15, 0.2) is 0 Å². The standard InChI is InChI=1S/C29H38N2O5/c1-21(23-8-10-24(11-9-23)27(32)34-2)31-28(33)29(15-18-35-19-16-29)26-13-12-25(20-30-26)36-17-14-22-6-4-3-5-7-22/h8-13,20-22H,3-7,14-19H2,1-2H3,(H,31,33). The number of esters is 1. The Bertz CT molecular complexity index is 993. The summed E-state index contributed by atoms with van der Waals surface area (Å²) in [5, 5.41) is 3.17. The Hall–Kier alpha value is -2.93. The molecule has 2 heterocycles. The lowest BCUT2D eigenvalue weighted by atomic mass is 9.75. The van der Waals surface area contributed by atoms with Gasteiger partial charge in [-0.2, -0.15) is 0 Å². The third-order valence-corrected chi connectivity index (χ3v) is 7.71. The van der Waals surface area contributed by atoms with Crippen molar-refractivity contribution in [1.29, 1.82) is 0 Å². The first-order valence-corrected chi connectivity index (χ1v) is 13.2. The molecule has 2 fully saturated rings. The molecule has 1 aliphatic heterocycles. The largest absolute Gasteiger partial charge is 0.492 e. The number of amides is 1. The van der Waals surface area contributed by atoms with Crippen molar-refractivity contribution in [3.8, 4) is 5.75 Å². The molecule has 2 aromatic rings. The number of benzene rings is 1. The number of ether oxygens (including phenoxy) is 3. The Kier molecular flexibility index (Phi) is 8.97. The number of nitrogens with one attached hydrogen (secondary N) is 1. The van der Waals surface area contributed by atoms with Gasteiger partial charge in [0.1, 0.15) is 5.75 Å². The van der Waals surface area contributed by atoms with Crippen LogP contribution in [0.15, 0.2) is 42.6 Å². The Morgan fingerprint density at radius 3 is 2.44 bits per heavy atom. The van der Waals surface area contributed by atoms with Crippen molar-refractivity contribution in [2.24, 2.45) is 5.92 Å². The zero-order valence-corrected chi connectivity index (χ0v) is 21.5. The molecule has 1 N–H and O–H groups in total. The van der Waals surface area contributed by atoms with Gasteiger partial charge in [0.2, 0.25) is 5.91 Å². The van der Waals surface area contributed by atoms with Crippen molar-refractivity contribution in [3.05, 3.63) is 59.4 Å². The molecule has 0 radical (unpaired) electrons. The van der Waals surface area contributed by atoms with Crippen LogP contribution >= 0.6 is 0 Å². The van der Waals surface area contributed by atoms with Crippen LogP contribution in [0.4, 0.5) is 0 Å². The molecule has 0 spiro atoms. The summed E-state index contributed by atoms with van der Waals surface area (Å²) < 4.78 is 16.3. The summed E-state index contributed by atoms with van der Waals surface area (Å²) in [4.78, 5) is 30.0. The summed E-state index contributed by atoms with van der Waals surface area (Å²) in [7, 11) is 1.36. The second-order valence-electron chi connectivity index (χ2n) is 10.0. The SMILES string of the molecule is COC(=O)c1ccc(C(C)NC(=O)C2(c3ccc(OCCC4CCCCC4)cn3)CCOCC2)cc1. The highest BCUT2D eigenvalue weighted by molar-refractivity contribution is 5.89. The lowest BCUT2D eigenvalue weighted by Gasteiger charge is -2.36. The van der Waals surface area contributed by atoms with Gasteiger partial charge in [-0.05, 0) is 61.9 Å². The summed E-state index contributed by atoms with van der Waals surface area (Å²) in [6, 6.07) is 10.7. The molecule has 4 rings (SSSR count). The van der Waals surface area contributed by atoms with Crippen molar-refractivity contribution >= 4 is 11.9 Å². The van der Waals surface area contributed by atoms with E-state index in [9.17, 15) is 9.59 Å². The average Bonchev–Trinajstić information content (AvgIpc) is 2.94. The Morgan fingerprint density at radius 2 is 1.81 bits per heavy atom. The molecule has 194 valence electrons. The van der Waals surface area contributed by atoms with Gasteiger partial charge in [-0.25, -0.2) is 4.79 Å². The molecule has 1 unspecified atom stereocenters. The number of carbonyl (C=O) groups excluding carboxylic acids is 2. The maximum absolute atomic E-state index is 13.6. The fourth-order valence-electron chi connectivity index (χ4n) is 5.33. The summed E-state index contributed by atoms with van der Waals surface area (Å²) >= 11 is 0. The Labute approximate surface area is 213 Å². The van der Waals surface area contributed by atoms with Crippen molar-refractivity contribution in [1.82, 2.24) is 10.3 Å². The Morgan fingerprint density at radius 1 is 1.08 bits per heavy atom. The summed E-state index contributed by atoms with van der Waals surface area (Å²) in [6.45, 7) is 3.67. The van der Waals surface area contributed by atoms with Crippen LogP contribution in [0.5, 0.6) is 5.75 Å². The van der Waals surface area contributed by atoms with Gasteiger partial charge in [-0.3, -0.25) is 9.78 Å². The van der Waals surface area contributed by atoms with E-state index in [-0.39, 0.29) is 17.9 Å². The van der Waals surface area contributed by atoms with E-state index in [4.69, 9.17) is 14.2 Å². The third-order valence-electron chi connectivity index (χ3n) is 7.71. The van der Waals surface area contributed by atoms with Gasteiger partial charge in [0, 0.05) is 13.2 Å². The van der Waals surface area contributed by atoms with E-state index < -0.39 is 5.41 Å². The maximum Gasteiger partial charge on any atom is 0.337 e. The highest BCUT2D eigenvalue weighted by Gasteiger charge is 2.43. The summed E-state index contributed by atoms with van der Waals surface area (Å²) in [5.74, 6) is 1.08. The third kappa shape index (κ3) is 6.25. The number of methoxy groups -OCH3 is 1. The Balaban J connectivity index is 1.40. The lowest BCUT2D eigenvalue weighted by molar-refractivity contribution is -0.131. The molecular weight excluding hydrogens is 456 g/mol. The van der Waals surface area contributed by atoms with Gasteiger partial charge < -0.3 is 19.5 Å². The zero-order chi connectivity index (χ0) is 25.4. The minimum absolute atomic E-state index is 0.0613. The second-order valence-corrected chi connectivity index (χ2v) is 10.0. The first kappa shape index (κ1) is 26.1. The quantitative estimate of drug-likeness (QED) is 0.486. The monoisotopic (exact) mass is 494 g/mol. The molecular formula is C29H38N2O5. The summed E-state index contributed by atoms with van der Waals surface area (Å²) in [5.41, 5.74) is 1.38. The topological polar surface area (TPSA) is 86.8 Å². The molecule has 36 heavy (non-hydrogen) atoms. The van der Waals surface area contributed by atoms with E-state index in [2.05, 4.69) is 10.3 Å². The smallest absolute Gasteiger partial charge is 0.337 e. The normalized spacial score (nSPS) is 18.7. The maximum atomic E-state index is 13.6. The number of hydrogen-bond donors (Lipinski definition) is 1. The number of carbonyl (C=O) groups is 2. The summed E-state index contributed by atoms with van der Waals surface area (Å²) in [6.07, 6.45) is 10.6. The molecule has 1 aromatic heterocycles. The van der Waals surface area contributed by atoms with Crippen LogP contribution in [-0.4, -0.2) is 43.8 Å².